The topological polar surface area (TPSA) is 54.0 Å². The van der Waals surface area contributed by atoms with Crippen molar-refractivity contribution < 1.29 is 18.0 Å². The number of hydrogen-bond donors (Lipinski definition) is 2. The van der Waals surface area contributed by atoms with E-state index in [0.717, 1.165) is 17.8 Å². The Kier molecular flexibility index (Phi) is 7.23. The molecule has 3 rings (SSSR count). The van der Waals surface area contributed by atoms with Gasteiger partial charge in [-0.1, -0.05) is 37.6 Å². The summed E-state index contributed by atoms with van der Waals surface area (Å²) in [5.41, 5.74) is 1.65. The number of alkyl halides is 3. The van der Waals surface area contributed by atoms with E-state index < -0.39 is 11.7 Å². The molecule has 0 aliphatic rings. The lowest BCUT2D eigenvalue weighted by atomic mass is 10.0. The third kappa shape index (κ3) is 6.45. The van der Waals surface area contributed by atoms with Gasteiger partial charge < -0.3 is 10.6 Å². The first-order valence-electron chi connectivity index (χ1n) is 9.56. The van der Waals surface area contributed by atoms with E-state index in [9.17, 15) is 18.0 Å². The van der Waals surface area contributed by atoms with Crippen molar-refractivity contribution in [1.82, 2.24) is 4.98 Å². The van der Waals surface area contributed by atoms with Gasteiger partial charge in [-0.15, -0.1) is 11.3 Å². The Morgan fingerprint density at radius 1 is 1.16 bits per heavy atom. The number of rotatable bonds is 7. The summed E-state index contributed by atoms with van der Waals surface area (Å²) in [6.07, 6.45) is -2.72. The van der Waals surface area contributed by atoms with Gasteiger partial charge in [0.1, 0.15) is 0 Å². The molecule has 0 bridgehead atoms. The van der Waals surface area contributed by atoms with Crippen LogP contribution in [-0.2, 0) is 17.4 Å². The number of aromatic nitrogens is 1. The maximum atomic E-state index is 12.9. The van der Waals surface area contributed by atoms with Crippen LogP contribution in [0.25, 0.3) is 0 Å². The molecule has 0 radical (unpaired) electrons. The standard InChI is InChI=1S/C22H21ClF3N3OS/c1-13(2)14-3-6-17(7-4-14)27-12-20(30)29-21-28-11-18(31-21)10-15-9-16(22(24,25)26)5-8-19(15)23/h3-9,11,13,27H,10,12H2,1-2H3,(H,28,29,30). The fourth-order valence-corrected chi connectivity index (χ4v) is 3.89. The fraction of sp³-hybridized carbons (Fsp3) is 0.273. The lowest BCUT2D eigenvalue weighted by molar-refractivity contribution is -0.137. The smallest absolute Gasteiger partial charge is 0.376 e. The van der Waals surface area contributed by atoms with Crippen LogP contribution in [0.3, 0.4) is 0 Å². The van der Waals surface area contributed by atoms with E-state index in [-0.39, 0.29) is 23.9 Å². The Balaban J connectivity index is 1.57. The number of thiazole rings is 1. The third-order valence-corrected chi connectivity index (χ3v) is 5.85. The minimum absolute atomic E-state index is 0.0649. The van der Waals surface area contributed by atoms with E-state index in [1.54, 1.807) is 0 Å². The zero-order valence-electron chi connectivity index (χ0n) is 16.9. The normalized spacial score (nSPS) is 11.6. The zero-order valence-corrected chi connectivity index (χ0v) is 18.5. The van der Waals surface area contributed by atoms with Crippen molar-refractivity contribution in [3.8, 4) is 0 Å². The van der Waals surface area contributed by atoms with Crippen LogP contribution < -0.4 is 10.6 Å². The summed E-state index contributed by atoms with van der Waals surface area (Å²) in [5.74, 6) is 0.160. The molecule has 0 aliphatic carbocycles. The van der Waals surface area contributed by atoms with Crippen LogP contribution in [0.5, 0.6) is 0 Å². The van der Waals surface area contributed by atoms with Gasteiger partial charge in [-0.3, -0.25) is 4.79 Å². The summed E-state index contributed by atoms with van der Waals surface area (Å²) in [6, 6.07) is 11.1. The largest absolute Gasteiger partial charge is 0.416 e. The van der Waals surface area contributed by atoms with Gasteiger partial charge in [-0.2, -0.15) is 13.2 Å². The summed E-state index contributed by atoms with van der Waals surface area (Å²) in [4.78, 5) is 17.0. The van der Waals surface area contributed by atoms with Gasteiger partial charge in [0, 0.05) is 28.2 Å². The first kappa shape index (κ1) is 23.1. The number of benzene rings is 2. The number of carbonyl (C=O) groups excluding carboxylic acids is 1. The lowest BCUT2D eigenvalue weighted by Gasteiger charge is -2.10. The molecule has 1 aromatic heterocycles. The molecule has 0 spiro atoms. The van der Waals surface area contributed by atoms with Crippen LogP contribution in [0, 0.1) is 0 Å². The van der Waals surface area contributed by atoms with Crippen LogP contribution in [0.4, 0.5) is 24.0 Å². The molecule has 164 valence electrons. The van der Waals surface area contributed by atoms with Crippen molar-refractivity contribution in [2.45, 2.75) is 32.4 Å². The average Bonchev–Trinajstić information content (AvgIpc) is 3.14. The van der Waals surface area contributed by atoms with Gasteiger partial charge in [0.2, 0.25) is 5.91 Å². The molecule has 31 heavy (non-hydrogen) atoms. The minimum Gasteiger partial charge on any atom is -0.376 e. The molecule has 1 amide bonds. The van der Waals surface area contributed by atoms with Gasteiger partial charge in [0.15, 0.2) is 5.13 Å². The van der Waals surface area contributed by atoms with Crippen LogP contribution >= 0.6 is 22.9 Å². The number of nitrogens with zero attached hydrogens (tertiary/aromatic N) is 1. The minimum atomic E-state index is -4.44. The fourth-order valence-electron chi connectivity index (χ4n) is 2.85. The van der Waals surface area contributed by atoms with Gasteiger partial charge in [-0.25, -0.2) is 4.98 Å². The van der Waals surface area contributed by atoms with Gasteiger partial charge >= 0.3 is 6.18 Å². The summed E-state index contributed by atoms with van der Waals surface area (Å²) >= 11 is 7.25. The average molecular weight is 468 g/mol. The predicted octanol–water partition coefficient (Wildman–Crippen LogP) is 6.58. The molecular formula is C22H21ClF3N3OS. The maximum Gasteiger partial charge on any atom is 0.416 e. The molecule has 0 saturated heterocycles. The van der Waals surface area contributed by atoms with Gasteiger partial charge in [0.05, 0.1) is 12.1 Å². The van der Waals surface area contributed by atoms with Crippen molar-refractivity contribution in [1.29, 1.82) is 0 Å². The molecule has 0 aliphatic heterocycles. The highest BCUT2D eigenvalue weighted by atomic mass is 35.5. The van der Waals surface area contributed by atoms with Crippen molar-refractivity contribution in [3.05, 3.63) is 75.3 Å². The monoisotopic (exact) mass is 467 g/mol. The first-order valence-corrected chi connectivity index (χ1v) is 10.8. The summed E-state index contributed by atoms with van der Waals surface area (Å²) in [6.45, 7) is 4.29. The number of hydrogen-bond acceptors (Lipinski definition) is 4. The highest BCUT2D eigenvalue weighted by molar-refractivity contribution is 7.15. The Bertz CT molecular complexity index is 1050. The van der Waals surface area contributed by atoms with E-state index in [1.165, 1.54) is 29.2 Å². The van der Waals surface area contributed by atoms with E-state index in [1.807, 2.05) is 24.3 Å². The van der Waals surface area contributed by atoms with E-state index in [2.05, 4.69) is 29.5 Å². The third-order valence-electron chi connectivity index (χ3n) is 4.57. The molecule has 4 nitrogen and oxygen atoms in total. The molecule has 0 atom stereocenters. The van der Waals surface area contributed by atoms with Crippen LogP contribution in [0.1, 0.15) is 41.3 Å². The molecule has 0 unspecified atom stereocenters. The predicted molar refractivity (Wildman–Crippen MR) is 119 cm³/mol. The van der Waals surface area contributed by atoms with Gasteiger partial charge in [0.25, 0.3) is 0 Å². The second kappa shape index (κ2) is 9.70. The molecule has 0 saturated carbocycles. The number of nitrogens with one attached hydrogen (secondary N) is 2. The molecule has 2 N–H and O–H groups in total. The molecular weight excluding hydrogens is 447 g/mol. The van der Waals surface area contributed by atoms with Crippen LogP contribution in [0.2, 0.25) is 5.02 Å². The Hall–Kier alpha value is -2.58. The molecule has 3 aromatic rings. The van der Waals surface area contributed by atoms with E-state index in [0.29, 0.717) is 21.5 Å². The second-order valence-electron chi connectivity index (χ2n) is 7.29. The molecule has 9 heteroatoms. The quantitative estimate of drug-likeness (QED) is 0.412. The SMILES string of the molecule is CC(C)c1ccc(NCC(=O)Nc2ncc(Cc3cc(C(F)(F)F)ccc3Cl)s2)cc1. The van der Waals surface area contributed by atoms with Gasteiger partial charge in [-0.05, 0) is 47.4 Å². The lowest BCUT2D eigenvalue weighted by Crippen LogP contribution is -2.21. The van der Waals surface area contributed by atoms with Crippen LogP contribution in [0.15, 0.2) is 48.7 Å². The van der Waals surface area contributed by atoms with Crippen molar-refractivity contribution in [2.75, 3.05) is 17.2 Å². The summed E-state index contributed by atoms with van der Waals surface area (Å²) < 4.78 is 38.8. The zero-order chi connectivity index (χ0) is 22.6. The number of halogens is 4. The Labute approximate surface area is 187 Å². The summed E-state index contributed by atoms with van der Waals surface area (Å²) in [7, 11) is 0. The van der Waals surface area contributed by atoms with Crippen molar-refractivity contribution >= 4 is 39.7 Å². The molecule has 2 aromatic carbocycles. The molecule has 1 heterocycles. The second-order valence-corrected chi connectivity index (χ2v) is 8.81. The number of carbonyl (C=O) groups is 1. The van der Waals surface area contributed by atoms with E-state index in [4.69, 9.17) is 11.6 Å². The first-order chi connectivity index (χ1) is 14.6. The summed E-state index contributed by atoms with van der Waals surface area (Å²) in [5, 5.41) is 6.36. The highest BCUT2D eigenvalue weighted by Gasteiger charge is 2.30. The van der Waals surface area contributed by atoms with E-state index >= 15 is 0 Å². The Morgan fingerprint density at radius 2 is 1.87 bits per heavy atom. The molecule has 0 fully saturated rings. The Morgan fingerprint density at radius 3 is 2.52 bits per heavy atom. The van der Waals surface area contributed by atoms with Crippen LogP contribution in [-0.4, -0.2) is 17.4 Å². The maximum absolute atomic E-state index is 12.9. The highest BCUT2D eigenvalue weighted by Crippen LogP contribution is 2.33. The van der Waals surface area contributed by atoms with Crippen molar-refractivity contribution in [3.63, 3.8) is 0 Å². The number of anilines is 2. The number of amides is 1. The van der Waals surface area contributed by atoms with Crippen molar-refractivity contribution in [2.24, 2.45) is 0 Å².